The minimum atomic E-state index is -0.343. The third-order valence-electron chi connectivity index (χ3n) is 4.95. The molecule has 0 radical (unpaired) electrons. The number of aromatic nitrogens is 1. The lowest BCUT2D eigenvalue weighted by atomic mass is 10.1. The summed E-state index contributed by atoms with van der Waals surface area (Å²) in [5.41, 5.74) is 2.11. The molecule has 1 atom stereocenters. The molecule has 6 heteroatoms. The van der Waals surface area contributed by atoms with Crippen molar-refractivity contribution in [2.75, 3.05) is 26.3 Å². The second kappa shape index (κ2) is 6.28. The van der Waals surface area contributed by atoms with Gasteiger partial charge in [-0.1, -0.05) is 18.2 Å². The Morgan fingerprint density at radius 1 is 1.25 bits per heavy atom. The Morgan fingerprint density at radius 3 is 2.88 bits per heavy atom. The van der Waals surface area contributed by atoms with Gasteiger partial charge >= 0.3 is 0 Å². The Kier molecular flexibility index (Phi) is 3.98. The predicted octanol–water partition coefficient (Wildman–Crippen LogP) is 1.52. The number of morpholine rings is 1. The van der Waals surface area contributed by atoms with Crippen LogP contribution in [0.2, 0.25) is 0 Å². The van der Waals surface area contributed by atoms with Gasteiger partial charge in [0.25, 0.3) is 0 Å². The Morgan fingerprint density at radius 2 is 2.04 bits per heavy atom. The Labute approximate surface area is 140 Å². The van der Waals surface area contributed by atoms with Crippen LogP contribution in [0, 0.1) is 0 Å². The highest BCUT2D eigenvalue weighted by molar-refractivity contribution is 5.91. The molecule has 2 aliphatic rings. The molecule has 2 aromatic rings. The molecule has 0 unspecified atom stereocenters. The zero-order valence-corrected chi connectivity index (χ0v) is 13.5. The summed E-state index contributed by atoms with van der Waals surface area (Å²) in [4.78, 5) is 32.0. The van der Waals surface area contributed by atoms with Gasteiger partial charge in [-0.25, -0.2) is 0 Å². The van der Waals surface area contributed by atoms with Crippen molar-refractivity contribution in [3.8, 4) is 0 Å². The molecule has 4 rings (SSSR count). The molecule has 2 aliphatic heterocycles. The molecule has 126 valence electrons. The fourth-order valence-corrected chi connectivity index (χ4v) is 3.63. The highest BCUT2D eigenvalue weighted by Crippen LogP contribution is 2.26. The maximum absolute atomic E-state index is 12.8. The minimum absolute atomic E-state index is 0.0593. The number of H-pyrrole nitrogens is 1. The molecule has 0 spiro atoms. The fraction of sp³-hybridized carbons (Fsp3) is 0.444. The number of amides is 2. The number of likely N-dealkylation sites (tertiary alicyclic amines) is 1. The van der Waals surface area contributed by atoms with Crippen LogP contribution in [-0.4, -0.2) is 58.9 Å². The molecule has 1 N–H and O–H groups in total. The summed E-state index contributed by atoms with van der Waals surface area (Å²) in [5, 5.41) is 1.11. The van der Waals surface area contributed by atoms with Crippen molar-refractivity contribution in [2.24, 2.45) is 0 Å². The van der Waals surface area contributed by atoms with Gasteiger partial charge in [-0.3, -0.25) is 9.59 Å². The standard InChI is InChI=1S/C18H21N3O3/c22-17-6-5-16(18(23)20-7-9-24-10-8-20)21(17)12-13-11-19-15-4-2-1-3-14(13)15/h1-4,11,16,19H,5-10,12H2/t16-/m0/s1. The van der Waals surface area contributed by atoms with E-state index in [4.69, 9.17) is 4.74 Å². The number of carbonyl (C=O) groups is 2. The molecule has 6 nitrogen and oxygen atoms in total. The topological polar surface area (TPSA) is 65.6 Å². The number of hydrogen-bond donors (Lipinski definition) is 1. The molecule has 3 heterocycles. The second-order valence-corrected chi connectivity index (χ2v) is 6.37. The van der Waals surface area contributed by atoms with E-state index in [2.05, 4.69) is 4.98 Å². The summed E-state index contributed by atoms with van der Waals surface area (Å²) in [7, 11) is 0. The molecule has 1 aromatic heterocycles. The number of benzene rings is 1. The van der Waals surface area contributed by atoms with Crippen molar-refractivity contribution in [3.05, 3.63) is 36.0 Å². The van der Waals surface area contributed by atoms with E-state index in [9.17, 15) is 9.59 Å². The smallest absolute Gasteiger partial charge is 0.245 e. The van der Waals surface area contributed by atoms with Crippen molar-refractivity contribution in [3.63, 3.8) is 0 Å². The van der Waals surface area contributed by atoms with E-state index in [1.165, 1.54) is 0 Å². The van der Waals surface area contributed by atoms with E-state index < -0.39 is 0 Å². The normalized spacial score (nSPS) is 21.7. The summed E-state index contributed by atoms with van der Waals surface area (Å²) in [6, 6.07) is 7.68. The van der Waals surface area contributed by atoms with E-state index in [1.54, 1.807) is 4.90 Å². The third kappa shape index (κ3) is 2.67. The van der Waals surface area contributed by atoms with Gasteiger partial charge < -0.3 is 19.5 Å². The lowest BCUT2D eigenvalue weighted by Crippen LogP contribution is -2.50. The van der Waals surface area contributed by atoms with E-state index in [0.29, 0.717) is 45.7 Å². The number of rotatable bonds is 3. The van der Waals surface area contributed by atoms with E-state index in [-0.39, 0.29) is 17.9 Å². The molecule has 24 heavy (non-hydrogen) atoms. The van der Waals surface area contributed by atoms with Crippen LogP contribution in [0.1, 0.15) is 18.4 Å². The first-order chi connectivity index (χ1) is 11.7. The monoisotopic (exact) mass is 327 g/mol. The maximum Gasteiger partial charge on any atom is 0.245 e. The number of nitrogens with zero attached hydrogens (tertiary/aromatic N) is 2. The van der Waals surface area contributed by atoms with Gasteiger partial charge in [-0.2, -0.15) is 0 Å². The second-order valence-electron chi connectivity index (χ2n) is 6.37. The van der Waals surface area contributed by atoms with Crippen LogP contribution in [0.5, 0.6) is 0 Å². The molecule has 2 fully saturated rings. The predicted molar refractivity (Wildman–Crippen MR) is 89.3 cm³/mol. The van der Waals surface area contributed by atoms with Gasteiger partial charge in [0.2, 0.25) is 11.8 Å². The number of aromatic amines is 1. The molecule has 1 aromatic carbocycles. The average Bonchev–Trinajstić information content (AvgIpc) is 3.20. The van der Waals surface area contributed by atoms with Crippen LogP contribution < -0.4 is 0 Å². The Bertz CT molecular complexity index is 764. The summed E-state index contributed by atoms with van der Waals surface area (Å²) in [6.07, 6.45) is 2.99. The van der Waals surface area contributed by atoms with Gasteiger partial charge in [0.05, 0.1) is 13.2 Å². The highest BCUT2D eigenvalue weighted by atomic mass is 16.5. The van der Waals surface area contributed by atoms with Crippen molar-refractivity contribution in [1.82, 2.24) is 14.8 Å². The number of hydrogen-bond acceptors (Lipinski definition) is 3. The van der Waals surface area contributed by atoms with Gasteiger partial charge in [-0.05, 0) is 18.1 Å². The van der Waals surface area contributed by atoms with Crippen LogP contribution in [0.25, 0.3) is 10.9 Å². The number of carbonyl (C=O) groups excluding carboxylic acids is 2. The van der Waals surface area contributed by atoms with Gasteiger partial charge in [0.15, 0.2) is 0 Å². The van der Waals surface area contributed by atoms with Crippen molar-refractivity contribution in [1.29, 1.82) is 0 Å². The van der Waals surface area contributed by atoms with Crippen molar-refractivity contribution in [2.45, 2.75) is 25.4 Å². The quantitative estimate of drug-likeness (QED) is 0.929. The summed E-state index contributed by atoms with van der Waals surface area (Å²) >= 11 is 0. The summed E-state index contributed by atoms with van der Waals surface area (Å²) < 4.78 is 5.32. The molecule has 0 aliphatic carbocycles. The lowest BCUT2D eigenvalue weighted by molar-refractivity contribution is -0.144. The van der Waals surface area contributed by atoms with E-state index in [0.717, 1.165) is 16.5 Å². The van der Waals surface area contributed by atoms with Crippen molar-refractivity contribution < 1.29 is 14.3 Å². The molecular weight excluding hydrogens is 306 g/mol. The summed E-state index contributed by atoms with van der Waals surface area (Å²) in [5.74, 6) is 0.121. The number of fused-ring (bicyclic) bond motifs is 1. The first-order valence-electron chi connectivity index (χ1n) is 8.45. The van der Waals surface area contributed by atoms with E-state index >= 15 is 0 Å². The first-order valence-corrected chi connectivity index (χ1v) is 8.45. The fourth-order valence-electron chi connectivity index (χ4n) is 3.63. The number of para-hydroxylation sites is 1. The van der Waals surface area contributed by atoms with Crippen LogP contribution in [0.3, 0.4) is 0 Å². The molecule has 0 bridgehead atoms. The Balaban J connectivity index is 1.55. The average molecular weight is 327 g/mol. The number of nitrogens with one attached hydrogen (secondary N) is 1. The SMILES string of the molecule is O=C([C@@H]1CCC(=O)N1Cc1c[nH]c2ccccc12)N1CCOCC1. The van der Waals surface area contributed by atoms with Gasteiger partial charge in [-0.15, -0.1) is 0 Å². The zero-order chi connectivity index (χ0) is 16.5. The molecular formula is C18H21N3O3. The van der Waals surface area contributed by atoms with Crippen LogP contribution in [0.4, 0.5) is 0 Å². The van der Waals surface area contributed by atoms with Crippen LogP contribution >= 0.6 is 0 Å². The highest BCUT2D eigenvalue weighted by Gasteiger charge is 2.38. The minimum Gasteiger partial charge on any atom is -0.378 e. The largest absolute Gasteiger partial charge is 0.378 e. The van der Waals surface area contributed by atoms with E-state index in [1.807, 2.05) is 35.4 Å². The maximum atomic E-state index is 12.8. The van der Waals surface area contributed by atoms with Crippen LogP contribution in [-0.2, 0) is 20.9 Å². The number of ether oxygens (including phenoxy) is 1. The summed E-state index contributed by atoms with van der Waals surface area (Å²) in [6.45, 7) is 2.86. The van der Waals surface area contributed by atoms with Gasteiger partial charge in [0, 0.05) is 43.2 Å². The molecule has 2 saturated heterocycles. The van der Waals surface area contributed by atoms with Crippen molar-refractivity contribution >= 4 is 22.7 Å². The Hall–Kier alpha value is -2.34. The molecule has 0 saturated carbocycles. The van der Waals surface area contributed by atoms with Gasteiger partial charge in [0.1, 0.15) is 6.04 Å². The lowest BCUT2D eigenvalue weighted by Gasteiger charge is -2.32. The zero-order valence-electron chi connectivity index (χ0n) is 13.5. The third-order valence-corrected chi connectivity index (χ3v) is 4.95. The molecule has 2 amide bonds. The first kappa shape index (κ1) is 15.2. The van der Waals surface area contributed by atoms with Crippen LogP contribution in [0.15, 0.2) is 30.5 Å².